The molecule has 2 rings (SSSR count). The van der Waals surface area contributed by atoms with Crippen molar-refractivity contribution >= 4 is 22.2 Å². The number of carbonyl (C=O) groups is 1. The molecule has 2 aromatic rings. The fraction of sp³-hybridized carbons (Fsp3) is 0.176. The lowest BCUT2D eigenvalue weighted by Crippen LogP contribution is -2.18. The third-order valence-corrected chi connectivity index (χ3v) is 4.40. The minimum atomic E-state index is -3.77. The molecule has 0 aliphatic carbocycles. The van der Waals surface area contributed by atoms with Crippen LogP contribution in [0.15, 0.2) is 58.5 Å². The van der Waals surface area contributed by atoms with E-state index in [2.05, 4.69) is 14.7 Å². The summed E-state index contributed by atoms with van der Waals surface area (Å²) in [6.45, 7) is 2.35. The SMILES string of the molecule is CCOc1ccc(S(=O)(=O)NN=Cc2ccc(C(=O)OC)cc2)cc1. The summed E-state index contributed by atoms with van der Waals surface area (Å²) >= 11 is 0. The number of hydrogen-bond acceptors (Lipinski definition) is 6. The fourth-order valence-electron chi connectivity index (χ4n) is 1.93. The molecule has 0 heterocycles. The first kappa shape index (κ1) is 18.5. The molecule has 2 aromatic carbocycles. The molecule has 1 N–H and O–H groups in total. The van der Waals surface area contributed by atoms with Gasteiger partial charge in [0.2, 0.25) is 0 Å². The number of ether oxygens (including phenoxy) is 2. The Morgan fingerprint density at radius 1 is 1.12 bits per heavy atom. The van der Waals surface area contributed by atoms with E-state index in [1.54, 1.807) is 36.4 Å². The summed E-state index contributed by atoms with van der Waals surface area (Å²) in [6.07, 6.45) is 1.34. The number of benzene rings is 2. The predicted molar refractivity (Wildman–Crippen MR) is 93.3 cm³/mol. The van der Waals surface area contributed by atoms with Crippen LogP contribution >= 0.6 is 0 Å². The number of methoxy groups -OCH3 is 1. The zero-order valence-corrected chi connectivity index (χ0v) is 14.6. The average molecular weight is 362 g/mol. The molecule has 0 saturated carbocycles. The lowest BCUT2D eigenvalue weighted by molar-refractivity contribution is 0.0600. The van der Waals surface area contributed by atoms with Crippen LogP contribution in [-0.2, 0) is 14.8 Å². The Labute approximate surface area is 146 Å². The Bertz CT molecular complexity index is 844. The lowest BCUT2D eigenvalue weighted by atomic mass is 10.1. The van der Waals surface area contributed by atoms with Gasteiger partial charge in [-0.05, 0) is 48.9 Å². The summed E-state index contributed by atoms with van der Waals surface area (Å²) in [5.41, 5.74) is 1.02. The molecule has 0 radical (unpaired) electrons. The number of hydrazone groups is 1. The van der Waals surface area contributed by atoms with Gasteiger partial charge < -0.3 is 9.47 Å². The Kier molecular flexibility index (Phi) is 6.13. The van der Waals surface area contributed by atoms with Gasteiger partial charge in [-0.25, -0.2) is 9.63 Å². The van der Waals surface area contributed by atoms with E-state index in [1.807, 2.05) is 6.92 Å². The smallest absolute Gasteiger partial charge is 0.337 e. The third kappa shape index (κ3) is 5.05. The van der Waals surface area contributed by atoms with Crippen molar-refractivity contribution < 1.29 is 22.7 Å². The lowest BCUT2D eigenvalue weighted by Gasteiger charge is -2.05. The van der Waals surface area contributed by atoms with E-state index in [0.29, 0.717) is 23.5 Å². The van der Waals surface area contributed by atoms with Gasteiger partial charge >= 0.3 is 5.97 Å². The van der Waals surface area contributed by atoms with Crippen molar-refractivity contribution in [2.75, 3.05) is 13.7 Å². The second-order valence-corrected chi connectivity index (χ2v) is 6.53. The monoisotopic (exact) mass is 362 g/mol. The molecule has 0 amide bonds. The zero-order chi connectivity index (χ0) is 18.3. The first-order chi connectivity index (χ1) is 12.0. The normalized spacial score (nSPS) is 11.3. The number of rotatable bonds is 7. The van der Waals surface area contributed by atoms with E-state index in [4.69, 9.17) is 4.74 Å². The second kappa shape index (κ2) is 8.29. The average Bonchev–Trinajstić information content (AvgIpc) is 2.62. The maximum absolute atomic E-state index is 12.1. The van der Waals surface area contributed by atoms with Crippen molar-refractivity contribution in [1.82, 2.24) is 4.83 Å². The van der Waals surface area contributed by atoms with Crippen LogP contribution in [-0.4, -0.2) is 34.3 Å². The molecule has 132 valence electrons. The molecule has 0 spiro atoms. The molecule has 0 atom stereocenters. The quantitative estimate of drug-likeness (QED) is 0.463. The Balaban J connectivity index is 2.03. The molecule has 0 aliphatic heterocycles. The summed E-state index contributed by atoms with van der Waals surface area (Å²) in [6, 6.07) is 12.4. The molecule has 0 unspecified atom stereocenters. The van der Waals surface area contributed by atoms with Crippen molar-refractivity contribution in [2.24, 2.45) is 5.10 Å². The second-order valence-electron chi connectivity index (χ2n) is 4.87. The largest absolute Gasteiger partial charge is 0.494 e. The molecule has 0 bridgehead atoms. The molecule has 0 fully saturated rings. The summed E-state index contributed by atoms with van der Waals surface area (Å²) in [7, 11) is -2.47. The van der Waals surface area contributed by atoms with E-state index >= 15 is 0 Å². The van der Waals surface area contributed by atoms with Gasteiger partial charge in [-0.2, -0.15) is 13.5 Å². The number of nitrogens with one attached hydrogen (secondary N) is 1. The summed E-state index contributed by atoms with van der Waals surface area (Å²) < 4.78 is 34.2. The van der Waals surface area contributed by atoms with E-state index < -0.39 is 16.0 Å². The van der Waals surface area contributed by atoms with E-state index in [1.165, 1.54) is 25.5 Å². The molecule has 25 heavy (non-hydrogen) atoms. The van der Waals surface area contributed by atoms with Crippen molar-refractivity contribution in [3.63, 3.8) is 0 Å². The van der Waals surface area contributed by atoms with Gasteiger partial charge in [-0.3, -0.25) is 0 Å². The predicted octanol–water partition coefficient (Wildman–Crippen LogP) is 2.18. The highest BCUT2D eigenvalue weighted by Gasteiger charge is 2.12. The molecule has 0 aliphatic rings. The Morgan fingerprint density at radius 3 is 2.32 bits per heavy atom. The molecule has 0 saturated heterocycles. The highest BCUT2D eigenvalue weighted by molar-refractivity contribution is 7.89. The highest BCUT2D eigenvalue weighted by Crippen LogP contribution is 2.15. The van der Waals surface area contributed by atoms with Crippen molar-refractivity contribution in [3.05, 3.63) is 59.7 Å². The Morgan fingerprint density at radius 2 is 1.76 bits per heavy atom. The summed E-state index contributed by atoms with van der Waals surface area (Å²) in [5.74, 6) is 0.148. The molecule has 0 aromatic heterocycles. The van der Waals surface area contributed by atoms with Crippen LogP contribution in [0, 0.1) is 0 Å². The molecule has 8 heteroatoms. The molecular formula is C17H18N2O5S. The third-order valence-electron chi connectivity index (χ3n) is 3.16. The van der Waals surface area contributed by atoms with Crippen LogP contribution in [0.1, 0.15) is 22.8 Å². The minimum Gasteiger partial charge on any atom is -0.494 e. The van der Waals surface area contributed by atoms with Crippen LogP contribution < -0.4 is 9.57 Å². The number of sulfonamides is 1. The fourth-order valence-corrected chi connectivity index (χ4v) is 2.72. The van der Waals surface area contributed by atoms with Gasteiger partial charge in [0.05, 0.1) is 30.4 Å². The molecule has 7 nitrogen and oxygen atoms in total. The van der Waals surface area contributed by atoms with Gasteiger partial charge in [0, 0.05) is 0 Å². The maximum atomic E-state index is 12.1. The van der Waals surface area contributed by atoms with Crippen molar-refractivity contribution in [2.45, 2.75) is 11.8 Å². The van der Waals surface area contributed by atoms with Gasteiger partial charge in [0.1, 0.15) is 5.75 Å². The topological polar surface area (TPSA) is 94.1 Å². The first-order valence-electron chi connectivity index (χ1n) is 7.42. The standard InChI is InChI=1S/C17H18N2O5S/c1-3-24-15-8-10-16(11-9-15)25(21,22)19-18-12-13-4-6-14(7-5-13)17(20)23-2/h4-12,19H,3H2,1-2H3. The number of esters is 1. The van der Waals surface area contributed by atoms with Crippen LogP contribution in [0.3, 0.4) is 0 Å². The van der Waals surface area contributed by atoms with Crippen LogP contribution in [0.5, 0.6) is 5.75 Å². The van der Waals surface area contributed by atoms with Gasteiger partial charge in [0.25, 0.3) is 10.0 Å². The molecular weight excluding hydrogens is 344 g/mol. The minimum absolute atomic E-state index is 0.0779. The van der Waals surface area contributed by atoms with Crippen LogP contribution in [0.2, 0.25) is 0 Å². The van der Waals surface area contributed by atoms with E-state index in [0.717, 1.165) is 0 Å². The van der Waals surface area contributed by atoms with Crippen LogP contribution in [0.25, 0.3) is 0 Å². The van der Waals surface area contributed by atoms with Crippen molar-refractivity contribution in [1.29, 1.82) is 0 Å². The van der Waals surface area contributed by atoms with Gasteiger partial charge in [-0.15, -0.1) is 0 Å². The number of carbonyl (C=O) groups excluding carboxylic acids is 1. The van der Waals surface area contributed by atoms with Gasteiger partial charge in [0.15, 0.2) is 0 Å². The van der Waals surface area contributed by atoms with Crippen molar-refractivity contribution in [3.8, 4) is 5.75 Å². The maximum Gasteiger partial charge on any atom is 0.337 e. The number of nitrogens with zero attached hydrogens (tertiary/aromatic N) is 1. The van der Waals surface area contributed by atoms with Gasteiger partial charge in [-0.1, -0.05) is 12.1 Å². The first-order valence-corrected chi connectivity index (χ1v) is 8.90. The van der Waals surface area contributed by atoms with E-state index in [9.17, 15) is 13.2 Å². The highest BCUT2D eigenvalue weighted by atomic mass is 32.2. The summed E-state index contributed by atoms with van der Waals surface area (Å²) in [5, 5.41) is 3.73. The van der Waals surface area contributed by atoms with E-state index in [-0.39, 0.29) is 4.90 Å². The zero-order valence-electron chi connectivity index (χ0n) is 13.8. The Hall–Kier alpha value is -2.87. The number of hydrogen-bond donors (Lipinski definition) is 1. The summed E-state index contributed by atoms with van der Waals surface area (Å²) in [4.78, 5) is 13.5. The van der Waals surface area contributed by atoms with Crippen LogP contribution in [0.4, 0.5) is 0 Å².